The number of hydrogen-bond donors (Lipinski definition) is 1. The molecule has 0 atom stereocenters. The first kappa shape index (κ1) is 20.9. The summed E-state index contributed by atoms with van der Waals surface area (Å²) >= 11 is 9.15. The first-order valence-corrected chi connectivity index (χ1v) is 11.3. The number of rotatable bonds is 7. The van der Waals surface area contributed by atoms with E-state index < -0.39 is 0 Å². The van der Waals surface area contributed by atoms with Gasteiger partial charge >= 0.3 is 0 Å². The zero-order valence-corrected chi connectivity index (χ0v) is 18.8. The van der Waals surface area contributed by atoms with Gasteiger partial charge in [0, 0.05) is 33.1 Å². The second-order valence-corrected chi connectivity index (χ2v) is 9.05. The summed E-state index contributed by atoms with van der Waals surface area (Å²) in [7, 11) is 0. The molecule has 2 aromatic heterocycles. The Morgan fingerprint density at radius 1 is 1.29 bits per heavy atom. The van der Waals surface area contributed by atoms with Crippen LogP contribution >= 0.6 is 34.7 Å². The fourth-order valence-corrected chi connectivity index (χ4v) is 4.60. The predicted molar refractivity (Wildman–Crippen MR) is 119 cm³/mol. The van der Waals surface area contributed by atoms with Gasteiger partial charge in [0.2, 0.25) is 5.91 Å². The minimum Gasteiger partial charge on any atom is -0.325 e. The van der Waals surface area contributed by atoms with E-state index in [1.807, 2.05) is 19.1 Å². The van der Waals surface area contributed by atoms with Crippen LogP contribution in [0.25, 0.3) is 11.4 Å². The molecule has 8 heteroatoms. The number of carbonyl (C=O) groups is 1. The fourth-order valence-electron chi connectivity index (χ4n) is 2.80. The van der Waals surface area contributed by atoms with E-state index in [4.69, 9.17) is 11.6 Å². The van der Waals surface area contributed by atoms with Gasteiger partial charge in [-0.1, -0.05) is 36.4 Å². The van der Waals surface area contributed by atoms with Crippen molar-refractivity contribution in [2.75, 3.05) is 11.1 Å². The Balaban J connectivity index is 1.74. The van der Waals surface area contributed by atoms with E-state index in [1.54, 1.807) is 17.4 Å². The molecule has 1 N–H and O–H groups in total. The molecule has 0 aliphatic heterocycles. The molecule has 0 bridgehead atoms. The number of halogens is 1. The summed E-state index contributed by atoms with van der Waals surface area (Å²) in [5, 5.41) is 15.2. The Morgan fingerprint density at radius 3 is 2.75 bits per heavy atom. The molecule has 3 aromatic rings. The lowest BCUT2D eigenvalue weighted by Gasteiger charge is -2.10. The van der Waals surface area contributed by atoms with Gasteiger partial charge in [0.25, 0.3) is 0 Å². The zero-order chi connectivity index (χ0) is 20.3. The highest BCUT2D eigenvalue weighted by molar-refractivity contribution is 7.99. The topological polar surface area (TPSA) is 59.8 Å². The van der Waals surface area contributed by atoms with Gasteiger partial charge in [-0.3, -0.25) is 4.79 Å². The summed E-state index contributed by atoms with van der Waals surface area (Å²) < 4.78 is 2.11. The molecule has 0 aliphatic carbocycles. The zero-order valence-electron chi connectivity index (χ0n) is 16.4. The standard InChI is InChI=1S/C20H23ClN4OS2/c1-5-8-25-19(16-10-27-14(4)13(16)3)23-24-20(25)28-11-18(26)22-17-9-15(21)7-6-12(17)2/h6-7,9-10H,5,8,11H2,1-4H3,(H,22,26). The number of carbonyl (C=O) groups excluding carboxylic acids is 1. The molecule has 0 spiro atoms. The third-order valence-corrected chi connectivity index (χ3v) is 6.71. The molecule has 5 nitrogen and oxygen atoms in total. The van der Waals surface area contributed by atoms with Crippen LogP contribution in [0.5, 0.6) is 0 Å². The Labute approximate surface area is 178 Å². The monoisotopic (exact) mass is 434 g/mol. The highest BCUT2D eigenvalue weighted by Crippen LogP contribution is 2.32. The van der Waals surface area contributed by atoms with E-state index >= 15 is 0 Å². The maximum atomic E-state index is 12.4. The fraction of sp³-hybridized carbons (Fsp3) is 0.350. The minimum atomic E-state index is -0.0921. The molecule has 3 rings (SSSR count). The Bertz CT molecular complexity index is 996. The van der Waals surface area contributed by atoms with Gasteiger partial charge in [-0.2, -0.15) is 0 Å². The van der Waals surface area contributed by atoms with Crippen molar-refractivity contribution in [3.05, 3.63) is 44.6 Å². The van der Waals surface area contributed by atoms with Crippen LogP contribution < -0.4 is 5.32 Å². The Hall–Kier alpha value is -1.83. The van der Waals surface area contributed by atoms with E-state index in [0.29, 0.717) is 5.02 Å². The number of anilines is 1. The molecule has 0 radical (unpaired) electrons. The number of thioether (sulfide) groups is 1. The van der Waals surface area contributed by atoms with Gasteiger partial charge in [-0.05, 0) is 50.5 Å². The third-order valence-electron chi connectivity index (χ3n) is 4.50. The van der Waals surface area contributed by atoms with Crippen molar-refractivity contribution in [2.24, 2.45) is 0 Å². The number of nitrogens with zero attached hydrogens (tertiary/aromatic N) is 3. The summed E-state index contributed by atoms with van der Waals surface area (Å²) in [4.78, 5) is 13.7. The minimum absolute atomic E-state index is 0.0921. The molecular weight excluding hydrogens is 412 g/mol. The van der Waals surface area contributed by atoms with Crippen LogP contribution in [-0.2, 0) is 11.3 Å². The Kier molecular flexibility index (Phi) is 6.80. The van der Waals surface area contributed by atoms with Crippen molar-refractivity contribution >= 4 is 46.3 Å². The normalized spacial score (nSPS) is 11.0. The van der Waals surface area contributed by atoms with Crippen molar-refractivity contribution in [1.82, 2.24) is 14.8 Å². The molecule has 1 amide bonds. The van der Waals surface area contributed by atoms with Crippen molar-refractivity contribution in [2.45, 2.75) is 45.8 Å². The summed E-state index contributed by atoms with van der Waals surface area (Å²) in [5.74, 6) is 1.04. The number of amides is 1. The van der Waals surface area contributed by atoms with E-state index in [0.717, 1.165) is 40.8 Å². The molecule has 0 fully saturated rings. The largest absolute Gasteiger partial charge is 0.325 e. The molecule has 28 heavy (non-hydrogen) atoms. The summed E-state index contributed by atoms with van der Waals surface area (Å²) in [6.07, 6.45) is 0.967. The molecule has 0 unspecified atom stereocenters. The van der Waals surface area contributed by atoms with E-state index in [9.17, 15) is 4.79 Å². The molecule has 0 aliphatic rings. The third kappa shape index (κ3) is 4.59. The quantitative estimate of drug-likeness (QED) is 0.482. The van der Waals surface area contributed by atoms with Crippen molar-refractivity contribution in [3.8, 4) is 11.4 Å². The van der Waals surface area contributed by atoms with Gasteiger partial charge in [0.15, 0.2) is 11.0 Å². The van der Waals surface area contributed by atoms with Crippen molar-refractivity contribution < 1.29 is 4.79 Å². The number of aromatic nitrogens is 3. The second kappa shape index (κ2) is 9.11. The maximum Gasteiger partial charge on any atom is 0.234 e. The van der Waals surface area contributed by atoms with E-state index in [2.05, 4.69) is 46.2 Å². The molecule has 2 heterocycles. The lowest BCUT2D eigenvalue weighted by atomic mass is 10.1. The highest BCUT2D eigenvalue weighted by Gasteiger charge is 2.18. The average Bonchev–Trinajstić information content (AvgIpc) is 3.20. The van der Waals surface area contributed by atoms with Crippen LogP contribution in [0, 0.1) is 20.8 Å². The number of benzene rings is 1. The molecule has 1 aromatic carbocycles. The lowest BCUT2D eigenvalue weighted by Crippen LogP contribution is -2.15. The highest BCUT2D eigenvalue weighted by atomic mass is 35.5. The number of thiophene rings is 1. The first-order valence-electron chi connectivity index (χ1n) is 9.07. The van der Waals surface area contributed by atoms with Crippen LogP contribution in [0.1, 0.15) is 29.3 Å². The molecule has 148 valence electrons. The van der Waals surface area contributed by atoms with Crippen LogP contribution in [-0.4, -0.2) is 26.4 Å². The molecular formula is C20H23ClN4OS2. The first-order chi connectivity index (χ1) is 13.4. The average molecular weight is 435 g/mol. The summed E-state index contributed by atoms with van der Waals surface area (Å²) in [5.41, 5.74) is 4.07. The lowest BCUT2D eigenvalue weighted by molar-refractivity contribution is -0.113. The smallest absolute Gasteiger partial charge is 0.234 e. The van der Waals surface area contributed by atoms with E-state index in [1.165, 1.54) is 22.2 Å². The molecule has 0 saturated carbocycles. The number of aryl methyl sites for hydroxylation is 2. The Morgan fingerprint density at radius 2 is 2.07 bits per heavy atom. The maximum absolute atomic E-state index is 12.4. The van der Waals surface area contributed by atoms with Crippen LogP contribution in [0.15, 0.2) is 28.7 Å². The summed E-state index contributed by atoms with van der Waals surface area (Å²) in [6, 6.07) is 5.46. The SMILES string of the molecule is CCCn1c(SCC(=O)Nc2cc(Cl)ccc2C)nnc1-c1csc(C)c1C. The van der Waals surface area contributed by atoms with Crippen LogP contribution in [0.2, 0.25) is 5.02 Å². The van der Waals surface area contributed by atoms with E-state index in [-0.39, 0.29) is 11.7 Å². The van der Waals surface area contributed by atoms with Gasteiger partial charge in [-0.15, -0.1) is 21.5 Å². The van der Waals surface area contributed by atoms with Crippen LogP contribution in [0.3, 0.4) is 0 Å². The van der Waals surface area contributed by atoms with Crippen LogP contribution in [0.4, 0.5) is 5.69 Å². The predicted octanol–water partition coefficient (Wildman–Crippen LogP) is 5.73. The van der Waals surface area contributed by atoms with Gasteiger partial charge in [-0.25, -0.2) is 0 Å². The van der Waals surface area contributed by atoms with Gasteiger partial charge in [0.1, 0.15) is 0 Å². The van der Waals surface area contributed by atoms with Crippen molar-refractivity contribution in [1.29, 1.82) is 0 Å². The number of hydrogen-bond acceptors (Lipinski definition) is 5. The summed E-state index contributed by atoms with van der Waals surface area (Å²) in [6.45, 7) is 9.10. The molecule has 0 saturated heterocycles. The van der Waals surface area contributed by atoms with Gasteiger partial charge < -0.3 is 9.88 Å². The second-order valence-electron chi connectivity index (χ2n) is 6.58. The van der Waals surface area contributed by atoms with Gasteiger partial charge in [0.05, 0.1) is 5.75 Å². The number of nitrogens with one attached hydrogen (secondary N) is 1. The van der Waals surface area contributed by atoms with Crippen molar-refractivity contribution in [3.63, 3.8) is 0 Å².